The van der Waals surface area contributed by atoms with Gasteiger partial charge in [-0.15, -0.1) is 11.8 Å². The average Bonchev–Trinajstić information content (AvgIpc) is 3.13. The second kappa shape index (κ2) is 8.31. The molecule has 142 valence electrons. The highest BCUT2D eigenvalue weighted by Crippen LogP contribution is 2.31. The van der Waals surface area contributed by atoms with Gasteiger partial charge in [-0.1, -0.05) is 24.3 Å². The zero-order valence-corrected chi connectivity index (χ0v) is 16.0. The minimum atomic E-state index is -0.163. The van der Waals surface area contributed by atoms with Crippen molar-refractivity contribution >= 4 is 29.3 Å². The van der Waals surface area contributed by atoms with Crippen molar-refractivity contribution in [3.05, 3.63) is 77.9 Å². The van der Waals surface area contributed by atoms with Crippen LogP contribution < -0.4 is 10.6 Å². The molecule has 0 fully saturated rings. The van der Waals surface area contributed by atoms with Crippen molar-refractivity contribution in [1.82, 2.24) is 14.9 Å². The molecule has 2 aromatic carbocycles. The maximum Gasteiger partial charge on any atom is 0.251 e. The van der Waals surface area contributed by atoms with Crippen molar-refractivity contribution in [1.29, 1.82) is 0 Å². The Kier molecular flexibility index (Phi) is 5.43. The third-order valence-corrected chi connectivity index (χ3v) is 5.65. The Hall–Kier alpha value is -3.06. The van der Waals surface area contributed by atoms with Crippen molar-refractivity contribution in [3.8, 4) is 0 Å². The third-order valence-electron chi connectivity index (χ3n) is 4.57. The molecule has 0 unspecified atom stereocenters. The van der Waals surface area contributed by atoms with Crippen LogP contribution in [-0.2, 0) is 17.9 Å². The molecule has 1 aliphatic rings. The van der Waals surface area contributed by atoms with Crippen LogP contribution in [0.25, 0.3) is 0 Å². The van der Waals surface area contributed by atoms with Crippen LogP contribution in [0.1, 0.15) is 27.9 Å². The molecular formula is C21H20N4O2S. The number of benzene rings is 2. The normalized spacial score (nSPS) is 13.4. The molecule has 1 aromatic heterocycles. The van der Waals surface area contributed by atoms with E-state index < -0.39 is 0 Å². The van der Waals surface area contributed by atoms with E-state index in [-0.39, 0.29) is 11.8 Å². The number of hydrogen-bond donors (Lipinski definition) is 2. The Labute approximate surface area is 167 Å². The number of aromatic nitrogens is 2. The van der Waals surface area contributed by atoms with Crippen molar-refractivity contribution < 1.29 is 9.59 Å². The molecule has 2 amide bonds. The molecule has 0 radical (unpaired) electrons. The first-order valence-electron chi connectivity index (χ1n) is 9.06. The van der Waals surface area contributed by atoms with Gasteiger partial charge in [0.25, 0.3) is 5.91 Å². The van der Waals surface area contributed by atoms with Crippen LogP contribution in [0, 0.1) is 0 Å². The fourth-order valence-corrected chi connectivity index (χ4v) is 4.04. The summed E-state index contributed by atoms with van der Waals surface area (Å²) in [6.07, 6.45) is 5.92. The third kappa shape index (κ3) is 4.26. The van der Waals surface area contributed by atoms with Crippen LogP contribution in [-0.4, -0.2) is 27.1 Å². The predicted molar refractivity (Wildman–Crippen MR) is 109 cm³/mol. The number of amides is 2. The lowest BCUT2D eigenvalue weighted by molar-refractivity contribution is -0.115. The molecule has 0 saturated heterocycles. The average molecular weight is 392 g/mol. The van der Waals surface area contributed by atoms with Gasteiger partial charge in [0, 0.05) is 48.1 Å². The van der Waals surface area contributed by atoms with E-state index in [1.807, 2.05) is 35.0 Å². The number of imidazole rings is 1. The van der Waals surface area contributed by atoms with Gasteiger partial charge in [0.05, 0.1) is 12.0 Å². The topological polar surface area (TPSA) is 76.0 Å². The van der Waals surface area contributed by atoms with Gasteiger partial charge in [-0.3, -0.25) is 9.59 Å². The molecule has 0 spiro atoms. The molecule has 6 nitrogen and oxygen atoms in total. The number of nitrogens with one attached hydrogen (secondary N) is 2. The van der Waals surface area contributed by atoms with E-state index in [9.17, 15) is 9.59 Å². The quantitative estimate of drug-likeness (QED) is 0.699. The van der Waals surface area contributed by atoms with Crippen molar-refractivity contribution in [2.75, 3.05) is 11.1 Å². The van der Waals surface area contributed by atoms with Crippen LogP contribution in [0.4, 0.5) is 5.69 Å². The second-order valence-corrected chi connectivity index (χ2v) is 7.68. The van der Waals surface area contributed by atoms with E-state index >= 15 is 0 Å². The van der Waals surface area contributed by atoms with Gasteiger partial charge in [0.15, 0.2) is 0 Å². The number of nitrogens with zero attached hydrogens (tertiary/aromatic N) is 2. The molecule has 0 atom stereocenters. The van der Waals surface area contributed by atoms with Crippen molar-refractivity contribution in [2.24, 2.45) is 0 Å². The fourth-order valence-electron chi connectivity index (χ4n) is 3.10. The number of rotatable bonds is 5. The first-order valence-corrected chi connectivity index (χ1v) is 10.0. The van der Waals surface area contributed by atoms with Crippen molar-refractivity contribution in [3.63, 3.8) is 0 Å². The molecule has 3 aromatic rings. The van der Waals surface area contributed by atoms with Gasteiger partial charge in [0.2, 0.25) is 5.91 Å². The van der Waals surface area contributed by atoms with Crippen LogP contribution >= 0.6 is 11.8 Å². The largest absolute Gasteiger partial charge is 0.348 e. The van der Waals surface area contributed by atoms with E-state index in [1.54, 1.807) is 36.4 Å². The Balaban J connectivity index is 1.46. The maximum atomic E-state index is 12.7. The lowest BCUT2D eigenvalue weighted by Crippen LogP contribution is -2.24. The lowest BCUT2D eigenvalue weighted by Gasteiger charge is -2.12. The molecule has 0 aliphatic carbocycles. The molecule has 2 heterocycles. The van der Waals surface area contributed by atoms with Gasteiger partial charge in [-0.05, 0) is 29.3 Å². The number of carbonyl (C=O) groups is 2. The van der Waals surface area contributed by atoms with Gasteiger partial charge < -0.3 is 15.2 Å². The molecule has 7 heteroatoms. The summed E-state index contributed by atoms with van der Waals surface area (Å²) < 4.78 is 1.99. The van der Waals surface area contributed by atoms with Gasteiger partial charge in [-0.2, -0.15) is 0 Å². The summed E-state index contributed by atoms with van der Waals surface area (Å²) in [4.78, 5) is 29.5. The summed E-state index contributed by atoms with van der Waals surface area (Å²) >= 11 is 1.63. The highest BCUT2D eigenvalue weighted by molar-refractivity contribution is 7.99. The Morgan fingerprint density at radius 1 is 1.21 bits per heavy atom. The summed E-state index contributed by atoms with van der Waals surface area (Å²) in [5.41, 5.74) is 3.43. The minimum Gasteiger partial charge on any atom is -0.348 e. The van der Waals surface area contributed by atoms with Gasteiger partial charge in [0.1, 0.15) is 0 Å². The Bertz CT molecular complexity index is 1000. The summed E-state index contributed by atoms with van der Waals surface area (Å²) in [6.45, 7) is 1.13. The van der Waals surface area contributed by atoms with E-state index in [2.05, 4.69) is 21.7 Å². The summed E-state index contributed by atoms with van der Waals surface area (Å²) in [5, 5.41) is 5.86. The molecule has 4 rings (SSSR count). The van der Waals surface area contributed by atoms with Gasteiger partial charge in [-0.25, -0.2) is 4.98 Å². The lowest BCUT2D eigenvalue weighted by atomic mass is 10.1. The van der Waals surface area contributed by atoms with E-state index in [4.69, 9.17) is 0 Å². The number of anilines is 1. The van der Waals surface area contributed by atoms with Crippen LogP contribution in [0.2, 0.25) is 0 Å². The van der Waals surface area contributed by atoms with E-state index in [1.165, 1.54) is 0 Å². The van der Waals surface area contributed by atoms with E-state index in [0.717, 1.165) is 21.8 Å². The first-order chi connectivity index (χ1) is 13.7. The number of carbonyl (C=O) groups excluding carboxylic acids is 2. The molecular weight excluding hydrogens is 372 g/mol. The predicted octanol–water partition coefficient (Wildman–Crippen LogP) is 3.30. The summed E-state index contributed by atoms with van der Waals surface area (Å²) in [7, 11) is 0. The highest BCUT2D eigenvalue weighted by atomic mass is 32.2. The zero-order valence-electron chi connectivity index (χ0n) is 15.2. The standard InChI is InChI=1S/C21H20N4O2S/c26-20-7-10-28-19-6-5-15(11-18(19)24-20)21(27)23-12-16-3-1-2-4-17(16)13-25-9-8-22-14-25/h1-6,8-9,11,14H,7,10,12-13H2,(H,23,27)(H,24,26). The second-order valence-electron chi connectivity index (χ2n) is 6.54. The SMILES string of the molecule is O=C1CCSc2ccc(C(=O)NCc3ccccc3Cn3ccnc3)cc2N1. The molecule has 0 bridgehead atoms. The molecule has 1 aliphatic heterocycles. The highest BCUT2D eigenvalue weighted by Gasteiger charge is 2.16. The molecule has 2 N–H and O–H groups in total. The van der Waals surface area contributed by atoms with Crippen LogP contribution in [0.5, 0.6) is 0 Å². The van der Waals surface area contributed by atoms with Crippen molar-refractivity contribution in [2.45, 2.75) is 24.4 Å². The maximum absolute atomic E-state index is 12.7. The number of thioether (sulfide) groups is 1. The molecule has 28 heavy (non-hydrogen) atoms. The smallest absolute Gasteiger partial charge is 0.251 e. The summed E-state index contributed by atoms with van der Waals surface area (Å²) in [6, 6.07) is 13.5. The number of fused-ring (bicyclic) bond motifs is 1. The fraction of sp³-hybridized carbons (Fsp3) is 0.190. The summed E-state index contributed by atoms with van der Waals surface area (Å²) in [5.74, 6) is 0.568. The zero-order chi connectivity index (χ0) is 19.3. The van der Waals surface area contributed by atoms with Crippen LogP contribution in [0.3, 0.4) is 0 Å². The Morgan fingerprint density at radius 3 is 2.89 bits per heavy atom. The number of hydrogen-bond acceptors (Lipinski definition) is 4. The van der Waals surface area contributed by atoms with Crippen LogP contribution in [0.15, 0.2) is 66.1 Å². The minimum absolute atomic E-state index is 0.0164. The Morgan fingerprint density at radius 2 is 2.07 bits per heavy atom. The molecule has 0 saturated carbocycles. The first kappa shape index (κ1) is 18.3. The van der Waals surface area contributed by atoms with E-state index in [0.29, 0.717) is 30.8 Å². The monoisotopic (exact) mass is 392 g/mol. The van der Waals surface area contributed by atoms with Gasteiger partial charge >= 0.3 is 0 Å².